The van der Waals surface area contributed by atoms with Crippen LogP contribution in [0.2, 0.25) is 0 Å². The second-order valence-electron chi connectivity index (χ2n) is 20.3. The number of nitrogens with zero attached hydrogens (tertiary/aromatic N) is 1. The number of rotatable bonds is 50. The van der Waals surface area contributed by atoms with Gasteiger partial charge in [-0.25, -0.2) is 0 Å². The van der Waals surface area contributed by atoms with E-state index in [2.05, 4.69) is 65.8 Å². The first-order chi connectivity index (χ1) is 30.7. The van der Waals surface area contributed by atoms with Crippen LogP contribution in [0.1, 0.15) is 272 Å². The number of hydrogen-bond donors (Lipinski definition) is 0. The van der Waals surface area contributed by atoms with Gasteiger partial charge in [-0.05, 0) is 108 Å². The second-order valence-corrected chi connectivity index (χ2v) is 23.0. The number of unbranched alkanes of at least 4 members (excludes halogenated alkanes) is 21. The number of esters is 2. The van der Waals surface area contributed by atoms with Crippen LogP contribution in [0.4, 0.5) is 0 Å². The monoisotopic (exact) mass is 906 g/mol. The van der Waals surface area contributed by atoms with Gasteiger partial charge < -0.3 is 14.4 Å². The van der Waals surface area contributed by atoms with Gasteiger partial charge in [0.1, 0.15) is 6.61 Å². The van der Waals surface area contributed by atoms with Crippen LogP contribution < -0.4 is 0 Å². The summed E-state index contributed by atoms with van der Waals surface area (Å²) in [6, 6.07) is 0. The summed E-state index contributed by atoms with van der Waals surface area (Å²) in [4.78, 5) is 27.3. The second kappa shape index (κ2) is 49.0. The summed E-state index contributed by atoms with van der Waals surface area (Å²) in [6.45, 7) is 13.7. The zero-order valence-corrected chi connectivity index (χ0v) is 44.7. The largest absolute Gasteiger partial charge is 0.465 e. The van der Waals surface area contributed by atoms with Crippen LogP contribution in [0.5, 0.6) is 0 Å². The molecule has 0 fully saturated rings. The fourth-order valence-electron chi connectivity index (χ4n) is 9.10. The van der Waals surface area contributed by atoms with Gasteiger partial charge in [0.2, 0.25) is 0 Å². The van der Waals surface area contributed by atoms with Crippen molar-refractivity contribution in [2.24, 2.45) is 17.8 Å². The Kier molecular flexibility index (Phi) is 48.3. The van der Waals surface area contributed by atoms with Crippen molar-refractivity contribution in [3.05, 3.63) is 12.2 Å². The van der Waals surface area contributed by atoms with E-state index in [1.165, 1.54) is 218 Å². The van der Waals surface area contributed by atoms with E-state index in [0.717, 1.165) is 43.9 Å². The molecule has 0 heterocycles. The molecule has 0 aliphatic carbocycles. The maximum absolute atomic E-state index is 12.6. The van der Waals surface area contributed by atoms with Gasteiger partial charge in [-0.1, -0.05) is 220 Å². The lowest BCUT2D eigenvalue weighted by Crippen LogP contribution is -2.13. The highest BCUT2D eigenvalue weighted by atomic mass is 31.1. The highest BCUT2D eigenvalue weighted by Gasteiger charge is 2.14. The third kappa shape index (κ3) is 46.0. The molecule has 0 aromatic carbocycles. The highest BCUT2D eigenvalue weighted by molar-refractivity contribution is 7.57. The Morgan fingerprint density at radius 1 is 0.460 bits per heavy atom. The summed E-state index contributed by atoms with van der Waals surface area (Å²) in [5.41, 5.74) is 0. The van der Waals surface area contributed by atoms with E-state index >= 15 is 0 Å². The molecule has 0 radical (unpaired) electrons. The minimum absolute atomic E-state index is 0.0155. The summed E-state index contributed by atoms with van der Waals surface area (Å²) in [5, 5.41) is 0. The zero-order chi connectivity index (χ0) is 46.3. The molecule has 63 heavy (non-hydrogen) atoms. The molecule has 374 valence electrons. The van der Waals surface area contributed by atoms with Gasteiger partial charge in [-0.15, -0.1) is 7.92 Å². The average Bonchev–Trinajstić information content (AvgIpc) is 3.27. The maximum atomic E-state index is 12.6. The first-order valence-electron chi connectivity index (χ1n) is 28.1. The number of hydrogen-bond acceptors (Lipinski definition) is 5. The van der Waals surface area contributed by atoms with Crippen molar-refractivity contribution in [3.8, 4) is 0 Å². The first-order valence-corrected chi connectivity index (χ1v) is 30.0. The summed E-state index contributed by atoms with van der Waals surface area (Å²) in [5.74, 6) is 2.09. The zero-order valence-electron chi connectivity index (χ0n) is 43.8. The molecule has 0 aliphatic rings. The molecule has 0 rings (SSSR count). The minimum atomic E-state index is -0.0308. The van der Waals surface area contributed by atoms with Crippen LogP contribution in [0.15, 0.2) is 12.2 Å². The van der Waals surface area contributed by atoms with Crippen LogP contribution in [0, 0.1) is 17.8 Å². The summed E-state index contributed by atoms with van der Waals surface area (Å²) in [6.07, 6.45) is 55.1. The molecular formula is C57H112NO4P. The molecular weight excluding hydrogens is 794 g/mol. The predicted molar refractivity (Wildman–Crippen MR) is 281 cm³/mol. The first kappa shape index (κ1) is 62.1. The summed E-state index contributed by atoms with van der Waals surface area (Å²) >= 11 is 0. The Bertz CT molecular complexity index is 963. The van der Waals surface area contributed by atoms with Crippen molar-refractivity contribution in [2.45, 2.75) is 272 Å². The molecule has 0 amide bonds. The van der Waals surface area contributed by atoms with Crippen LogP contribution in [-0.4, -0.2) is 69.2 Å². The molecule has 0 aromatic heterocycles. The minimum Gasteiger partial charge on any atom is -0.465 e. The van der Waals surface area contributed by atoms with E-state index in [9.17, 15) is 9.59 Å². The number of carbonyl (C=O) groups is 2. The van der Waals surface area contributed by atoms with Gasteiger partial charge >= 0.3 is 11.9 Å². The van der Waals surface area contributed by atoms with Crippen molar-refractivity contribution >= 4 is 19.9 Å². The van der Waals surface area contributed by atoms with E-state index in [1.54, 1.807) is 0 Å². The fourth-order valence-corrected chi connectivity index (χ4v) is 11.8. The van der Waals surface area contributed by atoms with Crippen LogP contribution in [0.25, 0.3) is 0 Å². The lowest BCUT2D eigenvalue weighted by Gasteiger charge is -2.19. The number of allylic oxidation sites excluding steroid dienone is 1. The Morgan fingerprint density at radius 3 is 1.35 bits per heavy atom. The molecule has 5 nitrogen and oxygen atoms in total. The Morgan fingerprint density at radius 2 is 0.873 bits per heavy atom. The lowest BCUT2D eigenvalue weighted by molar-refractivity contribution is -0.145. The van der Waals surface area contributed by atoms with Crippen molar-refractivity contribution in [2.75, 3.05) is 52.3 Å². The maximum Gasteiger partial charge on any atom is 0.306 e. The molecule has 2 atom stereocenters. The molecule has 0 bridgehead atoms. The van der Waals surface area contributed by atoms with Gasteiger partial charge in [0.15, 0.2) is 0 Å². The third-order valence-corrected chi connectivity index (χ3v) is 16.3. The predicted octanol–water partition coefficient (Wildman–Crippen LogP) is 18.1. The third-order valence-electron chi connectivity index (χ3n) is 13.5. The molecule has 0 saturated heterocycles. The summed E-state index contributed by atoms with van der Waals surface area (Å²) in [7, 11) is 4.48. The molecule has 0 spiro atoms. The van der Waals surface area contributed by atoms with Crippen LogP contribution in [0.3, 0.4) is 0 Å². The van der Waals surface area contributed by atoms with Gasteiger partial charge in [0.05, 0.1) is 6.61 Å². The Hall–Kier alpha value is -0.930. The molecule has 0 aromatic rings. The normalized spacial score (nSPS) is 12.9. The van der Waals surface area contributed by atoms with E-state index in [4.69, 9.17) is 9.47 Å². The quantitative estimate of drug-likeness (QED) is 0.0263. The van der Waals surface area contributed by atoms with Crippen LogP contribution >= 0.6 is 7.92 Å². The topological polar surface area (TPSA) is 55.8 Å². The molecule has 6 heteroatoms. The smallest absolute Gasteiger partial charge is 0.306 e. The number of carbonyl (C=O) groups excluding carboxylic acids is 2. The summed E-state index contributed by atoms with van der Waals surface area (Å²) < 4.78 is 11.3. The number of ether oxygens (including phenoxy) is 2. The van der Waals surface area contributed by atoms with Gasteiger partial charge in [0.25, 0.3) is 0 Å². The Balaban J connectivity index is 4.26. The van der Waals surface area contributed by atoms with E-state index < -0.39 is 0 Å². The molecule has 0 aliphatic heterocycles. The standard InChI is InChI=1S/C57H112NO4P/c1-8-12-16-26-38-54(39-27-17-13-9-2)42-32-34-48-61-56(59)43-30-22-20-24-35-49-63(51-37-33-47-58(6)7)50-36-25-21-23-31-44-57(60)62-52-53(5)45-46-55(40-28-18-14-10-3)41-29-19-15-11-4/h32,34,53-55H,8-31,33,35-52H2,1-7H3/b34-32-. The van der Waals surface area contributed by atoms with Gasteiger partial charge in [0, 0.05) is 12.8 Å². The van der Waals surface area contributed by atoms with Crippen molar-refractivity contribution in [1.82, 2.24) is 4.90 Å². The van der Waals surface area contributed by atoms with Gasteiger partial charge in [-0.3, -0.25) is 9.59 Å². The fraction of sp³-hybridized carbons (Fsp3) is 0.930. The Labute approximate surface area is 396 Å². The highest BCUT2D eigenvalue weighted by Crippen LogP contribution is 2.39. The van der Waals surface area contributed by atoms with Crippen molar-refractivity contribution in [3.63, 3.8) is 0 Å². The van der Waals surface area contributed by atoms with E-state index in [1.807, 2.05) is 0 Å². The van der Waals surface area contributed by atoms with Gasteiger partial charge in [-0.2, -0.15) is 0 Å². The van der Waals surface area contributed by atoms with Crippen LogP contribution in [-0.2, 0) is 19.1 Å². The average molecular weight is 906 g/mol. The van der Waals surface area contributed by atoms with E-state index in [-0.39, 0.29) is 19.9 Å². The van der Waals surface area contributed by atoms with Crippen molar-refractivity contribution < 1.29 is 19.1 Å². The lowest BCUT2D eigenvalue weighted by atomic mass is 9.88. The van der Waals surface area contributed by atoms with Crippen molar-refractivity contribution in [1.29, 1.82) is 0 Å². The molecule has 0 saturated carbocycles. The van der Waals surface area contributed by atoms with E-state index in [0.29, 0.717) is 32.0 Å². The SMILES string of the molecule is CCCCCCC(C/C=C\COC(=O)CCCCCCCP(CCCCCCCC(=O)OCC(C)CCC(CCCCCC)CCCCCC)CCCCN(C)C)CCCCCC. The molecule has 0 N–H and O–H groups in total. The molecule has 2 unspecified atom stereocenters.